The Morgan fingerprint density at radius 2 is 2.15 bits per heavy atom. The van der Waals surface area contributed by atoms with Gasteiger partial charge in [-0.2, -0.15) is 0 Å². The summed E-state index contributed by atoms with van der Waals surface area (Å²) in [5, 5.41) is 0. The summed E-state index contributed by atoms with van der Waals surface area (Å²) in [5.74, 6) is 0.248. The number of aromatic nitrogens is 2. The summed E-state index contributed by atoms with van der Waals surface area (Å²) in [6, 6.07) is 1.20. The van der Waals surface area contributed by atoms with E-state index in [1.165, 1.54) is 16.8 Å². The number of fused-ring (bicyclic) bond motifs is 1. The van der Waals surface area contributed by atoms with E-state index in [1.807, 2.05) is 13.8 Å². The molecule has 10 nitrogen and oxygen atoms in total. The van der Waals surface area contributed by atoms with Crippen LogP contribution in [-0.4, -0.2) is 40.5 Å². The highest BCUT2D eigenvalue weighted by Crippen LogP contribution is 2.58. The molecule has 2 aliphatic rings. The zero-order valence-electron chi connectivity index (χ0n) is 15.6. The zero-order chi connectivity index (χ0) is 19.8. The second-order valence-corrected chi connectivity index (χ2v) is 8.78. The molecule has 2 aliphatic heterocycles. The Kier molecular flexibility index (Phi) is 5.77. The average molecular weight is 403 g/mol. The Balaban J connectivity index is 1.79. The number of nitrogens with one attached hydrogen (secondary N) is 1. The van der Waals surface area contributed by atoms with Crippen molar-refractivity contribution in [2.45, 2.75) is 57.6 Å². The zero-order valence-corrected chi connectivity index (χ0v) is 16.5. The molecule has 5 atom stereocenters. The molecule has 0 spiro atoms. The van der Waals surface area contributed by atoms with Crippen LogP contribution in [0, 0.1) is 5.92 Å². The van der Waals surface area contributed by atoms with Crippen LogP contribution in [0.3, 0.4) is 0 Å². The molecule has 3 N–H and O–H groups in total. The summed E-state index contributed by atoms with van der Waals surface area (Å²) in [6.07, 6.45) is 0.726. The fourth-order valence-corrected chi connectivity index (χ4v) is 4.89. The van der Waals surface area contributed by atoms with Crippen LogP contribution in [0.4, 0.5) is 0 Å². The lowest BCUT2D eigenvalue weighted by atomic mass is 9.93. The molecule has 3 rings (SSSR count). The Morgan fingerprint density at radius 1 is 1.44 bits per heavy atom. The number of hydrogen-bond acceptors (Lipinski definition) is 8. The number of rotatable bonds is 6. The predicted molar refractivity (Wildman–Crippen MR) is 96.3 cm³/mol. The fourth-order valence-electron chi connectivity index (χ4n) is 3.33. The Labute approximate surface area is 156 Å². The summed E-state index contributed by atoms with van der Waals surface area (Å²) in [5.41, 5.74) is 4.03. The molecule has 27 heavy (non-hydrogen) atoms. The van der Waals surface area contributed by atoms with Gasteiger partial charge in [0.05, 0.1) is 18.8 Å². The van der Waals surface area contributed by atoms with Crippen molar-refractivity contribution in [3.8, 4) is 0 Å². The van der Waals surface area contributed by atoms with Gasteiger partial charge in [-0.25, -0.2) is 9.36 Å². The van der Waals surface area contributed by atoms with Crippen molar-refractivity contribution in [1.82, 2.24) is 9.55 Å². The molecule has 2 saturated heterocycles. The van der Waals surface area contributed by atoms with Crippen molar-refractivity contribution in [3.05, 3.63) is 33.1 Å². The third kappa shape index (κ3) is 3.96. The monoisotopic (exact) mass is 403 g/mol. The molecule has 0 radical (unpaired) electrons. The van der Waals surface area contributed by atoms with E-state index in [2.05, 4.69) is 4.98 Å². The molecule has 152 valence electrons. The maximum absolute atomic E-state index is 12.9. The first-order chi connectivity index (χ1) is 12.7. The lowest BCUT2D eigenvalue weighted by Gasteiger charge is -2.36. The summed E-state index contributed by atoms with van der Waals surface area (Å²) in [4.78, 5) is 25.6. The van der Waals surface area contributed by atoms with Gasteiger partial charge in [0.2, 0.25) is 0 Å². The molecular weight excluding hydrogens is 377 g/mol. The van der Waals surface area contributed by atoms with Crippen LogP contribution >= 0.6 is 7.82 Å². The minimum Gasteiger partial charge on any atom is -0.347 e. The van der Waals surface area contributed by atoms with Gasteiger partial charge in [-0.15, -0.1) is 0 Å². The highest BCUT2D eigenvalue weighted by Gasteiger charge is 2.59. The van der Waals surface area contributed by atoms with Crippen LogP contribution in [0.1, 0.15) is 39.8 Å². The highest BCUT2D eigenvalue weighted by atomic mass is 31.2. The molecule has 0 amide bonds. The Hall–Kier alpha value is -1.29. The van der Waals surface area contributed by atoms with Crippen LogP contribution in [-0.2, 0) is 22.9 Å². The van der Waals surface area contributed by atoms with Gasteiger partial charge in [0.15, 0.2) is 6.23 Å². The molecule has 0 bridgehead atoms. The van der Waals surface area contributed by atoms with E-state index < -0.39 is 43.0 Å². The van der Waals surface area contributed by atoms with Crippen molar-refractivity contribution < 1.29 is 22.9 Å². The van der Waals surface area contributed by atoms with E-state index in [0.717, 1.165) is 12.8 Å². The van der Waals surface area contributed by atoms with Crippen molar-refractivity contribution in [2.24, 2.45) is 11.7 Å². The Morgan fingerprint density at radius 3 is 2.78 bits per heavy atom. The number of phosphoric ester groups is 1. The molecule has 0 aliphatic carbocycles. The quantitative estimate of drug-likeness (QED) is 0.675. The average Bonchev–Trinajstić information content (AvgIpc) is 2.86. The molecule has 1 unspecified atom stereocenters. The van der Waals surface area contributed by atoms with Crippen molar-refractivity contribution in [2.75, 3.05) is 13.2 Å². The summed E-state index contributed by atoms with van der Waals surface area (Å²) in [6.45, 7) is 5.91. The largest absolute Gasteiger partial charge is 0.475 e. The summed E-state index contributed by atoms with van der Waals surface area (Å²) in [7, 11) is -3.79. The first-order valence-corrected chi connectivity index (χ1v) is 10.5. The van der Waals surface area contributed by atoms with E-state index in [0.29, 0.717) is 0 Å². The van der Waals surface area contributed by atoms with Gasteiger partial charge >= 0.3 is 13.5 Å². The smallest absolute Gasteiger partial charge is 0.347 e. The third-order valence-corrected chi connectivity index (χ3v) is 6.57. The number of nitrogens with zero attached hydrogens (tertiary/aromatic N) is 1. The normalized spacial score (nSPS) is 36.1. The van der Waals surface area contributed by atoms with Gasteiger partial charge in [-0.3, -0.25) is 27.9 Å². The lowest BCUT2D eigenvalue weighted by molar-refractivity contribution is -0.0733. The second-order valence-electron chi connectivity index (χ2n) is 7.16. The summed E-state index contributed by atoms with van der Waals surface area (Å²) >= 11 is 0. The van der Waals surface area contributed by atoms with Gasteiger partial charge in [-0.05, 0) is 12.8 Å². The van der Waals surface area contributed by atoms with E-state index in [9.17, 15) is 14.2 Å². The topological polar surface area (TPSA) is 135 Å². The van der Waals surface area contributed by atoms with Crippen molar-refractivity contribution in [3.63, 3.8) is 0 Å². The standard InChI is InChI=1S/C16H26N3O7P/c1-4-10(5-2)8-23-27(22)24-9-11-13(26-27)16(3,17)14(25-11)19-7-6-12(20)18-15(19)21/h6-7,10-11,13-14H,4-5,8-9,17H2,1-3H3,(H,18,20,21)/t11-,13-,14?,16-,27-/m1/s1. The molecule has 2 fully saturated rings. The van der Waals surface area contributed by atoms with Crippen molar-refractivity contribution in [1.29, 1.82) is 0 Å². The number of nitrogens with two attached hydrogens (primary N) is 1. The van der Waals surface area contributed by atoms with Crippen LogP contribution in [0.2, 0.25) is 0 Å². The van der Waals surface area contributed by atoms with E-state index in [-0.39, 0.29) is 19.1 Å². The maximum Gasteiger partial charge on any atom is 0.475 e. The van der Waals surface area contributed by atoms with E-state index in [1.54, 1.807) is 6.92 Å². The van der Waals surface area contributed by atoms with Crippen LogP contribution in [0.5, 0.6) is 0 Å². The number of aromatic amines is 1. The molecule has 3 heterocycles. The second kappa shape index (κ2) is 7.62. The van der Waals surface area contributed by atoms with E-state index >= 15 is 0 Å². The number of ether oxygens (including phenoxy) is 1. The third-order valence-electron chi connectivity index (χ3n) is 5.15. The van der Waals surface area contributed by atoms with E-state index in [4.69, 9.17) is 24.0 Å². The van der Waals surface area contributed by atoms with Crippen LogP contribution in [0.15, 0.2) is 21.9 Å². The minimum atomic E-state index is -3.79. The maximum atomic E-state index is 12.9. The fraction of sp³-hybridized carbons (Fsp3) is 0.750. The van der Waals surface area contributed by atoms with Gasteiger partial charge in [0.25, 0.3) is 5.56 Å². The molecule has 0 aromatic carbocycles. The van der Waals surface area contributed by atoms with Gasteiger partial charge in [0, 0.05) is 12.3 Å². The van der Waals surface area contributed by atoms with Gasteiger partial charge < -0.3 is 10.5 Å². The SMILES string of the molecule is CCC(CC)CO[P@]1(=O)OC[C@H]2OC(n3ccc(=O)[nH]c3=O)[C@](C)(N)[C@@H]2O1. The van der Waals surface area contributed by atoms with Gasteiger partial charge in [-0.1, -0.05) is 26.7 Å². The summed E-state index contributed by atoms with van der Waals surface area (Å²) < 4.78 is 36.3. The van der Waals surface area contributed by atoms with Crippen LogP contribution < -0.4 is 17.0 Å². The molecule has 1 aromatic rings. The van der Waals surface area contributed by atoms with Crippen LogP contribution in [0.25, 0.3) is 0 Å². The molecular formula is C16H26N3O7P. The lowest BCUT2D eigenvalue weighted by Crippen LogP contribution is -2.55. The molecule has 11 heteroatoms. The number of hydrogen-bond donors (Lipinski definition) is 2. The number of H-pyrrole nitrogens is 1. The predicted octanol–water partition coefficient (Wildman–Crippen LogP) is 1.13. The molecule has 1 aromatic heterocycles. The first kappa shape index (κ1) is 20.4. The van der Waals surface area contributed by atoms with Gasteiger partial charge in [0.1, 0.15) is 12.2 Å². The number of phosphoric acid groups is 1. The minimum absolute atomic E-state index is 0.0355. The first-order valence-electron chi connectivity index (χ1n) is 9.03. The molecule has 0 saturated carbocycles. The van der Waals surface area contributed by atoms with Crippen molar-refractivity contribution >= 4 is 7.82 Å². The Bertz CT molecular complexity index is 832. The highest BCUT2D eigenvalue weighted by molar-refractivity contribution is 7.48.